The summed E-state index contributed by atoms with van der Waals surface area (Å²) in [7, 11) is 0. The van der Waals surface area contributed by atoms with Gasteiger partial charge < -0.3 is 47.9 Å². The van der Waals surface area contributed by atoms with Gasteiger partial charge in [-0.1, -0.05) is 64.4 Å². The number of fused-ring (bicyclic) bond motifs is 2. The van der Waals surface area contributed by atoms with Crippen LogP contribution in [0.25, 0.3) is 0 Å². The Kier molecular flexibility index (Phi) is 15.4. The predicted octanol–water partition coefficient (Wildman–Crippen LogP) is -0.964. The number of rotatable bonds is 9. The maximum atomic E-state index is 14.1. The van der Waals surface area contributed by atoms with Gasteiger partial charge in [-0.25, -0.2) is 0 Å². The zero-order chi connectivity index (χ0) is 40.2. The number of amides is 7. The lowest BCUT2D eigenvalue weighted by Crippen LogP contribution is -2.61. The Morgan fingerprint density at radius 2 is 1.38 bits per heavy atom. The molecule has 1 aromatic rings. The van der Waals surface area contributed by atoms with Crippen LogP contribution in [0.5, 0.6) is 0 Å². The second-order valence-electron chi connectivity index (χ2n) is 15.0. The summed E-state index contributed by atoms with van der Waals surface area (Å²) in [5.41, 5.74) is 11.7. The summed E-state index contributed by atoms with van der Waals surface area (Å²) in [5, 5.41) is 13.9. The van der Waals surface area contributed by atoms with Crippen LogP contribution in [0, 0.1) is 11.8 Å². The van der Waals surface area contributed by atoms with Crippen molar-refractivity contribution in [3.63, 3.8) is 0 Å². The molecule has 7 atom stereocenters. The number of nitrogens with two attached hydrogens (primary N) is 2. The van der Waals surface area contributed by atoms with Gasteiger partial charge in [0.15, 0.2) is 5.96 Å². The summed E-state index contributed by atoms with van der Waals surface area (Å²) in [6.45, 7) is 7.49. The van der Waals surface area contributed by atoms with Gasteiger partial charge in [0.05, 0.1) is 6.54 Å². The quantitative estimate of drug-likeness (QED) is 0.0927. The van der Waals surface area contributed by atoms with Crippen LogP contribution in [0.2, 0.25) is 0 Å². The number of carbonyl (C=O) groups excluding carboxylic acids is 7. The molecule has 0 bridgehead atoms. The molecule has 4 rings (SSSR count). The van der Waals surface area contributed by atoms with Crippen LogP contribution in [0.3, 0.4) is 0 Å². The minimum Gasteiger partial charge on any atom is -0.370 e. The van der Waals surface area contributed by atoms with Gasteiger partial charge in [0.25, 0.3) is 0 Å². The molecule has 3 aliphatic rings. The highest BCUT2D eigenvalue weighted by Crippen LogP contribution is 2.25. The normalized spacial score (nSPS) is 26.8. The van der Waals surface area contributed by atoms with E-state index in [0.717, 1.165) is 5.56 Å². The predicted molar refractivity (Wildman–Crippen MR) is 205 cm³/mol. The third kappa shape index (κ3) is 11.4. The maximum Gasteiger partial charge on any atom is 0.246 e. The van der Waals surface area contributed by atoms with Gasteiger partial charge in [-0.05, 0) is 55.9 Å². The second kappa shape index (κ2) is 19.9. The Morgan fingerprint density at radius 1 is 0.764 bits per heavy atom. The van der Waals surface area contributed by atoms with E-state index >= 15 is 0 Å². The molecule has 9 N–H and O–H groups in total. The van der Waals surface area contributed by atoms with E-state index in [0.29, 0.717) is 51.6 Å². The molecule has 0 saturated carbocycles. The van der Waals surface area contributed by atoms with Crippen molar-refractivity contribution in [3.05, 3.63) is 35.9 Å². The molecule has 0 aromatic heterocycles. The van der Waals surface area contributed by atoms with E-state index in [1.807, 2.05) is 37.3 Å². The topological polar surface area (TPSA) is 251 Å². The first-order valence-corrected chi connectivity index (χ1v) is 19.4. The smallest absolute Gasteiger partial charge is 0.246 e. The van der Waals surface area contributed by atoms with E-state index in [4.69, 9.17) is 11.5 Å². The van der Waals surface area contributed by atoms with Gasteiger partial charge in [0, 0.05) is 26.1 Å². The van der Waals surface area contributed by atoms with Crippen LogP contribution in [-0.2, 0) is 40.0 Å². The molecule has 0 unspecified atom stereocenters. The largest absolute Gasteiger partial charge is 0.370 e. The van der Waals surface area contributed by atoms with Gasteiger partial charge in [-0.3, -0.25) is 38.6 Å². The highest BCUT2D eigenvalue weighted by molar-refractivity contribution is 5.98. The Balaban J connectivity index is 1.71. The number of nitrogens with one attached hydrogen (secondary N) is 5. The van der Waals surface area contributed by atoms with Crippen LogP contribution >= 0.6 is 0 Å². The molecule has 1 aromatic carbocycles. The van der Waals surface area contributed by atoms with Crippen molar-refractivity contribution in [2.75, 3.05) is 26.2 Å². The summed E-state index contributed by atoms with van der Waals surface area (Å²) < 4.78 is 0. The molecule has 0 aliphatic carbocycles. The number of nitrogens with zero attached hydrogens (tertiary/aromatic N) is 3. The van der Waals surface area contributed by atoms with Crippen LogP contribution in [0.1, 0.15) is 78.2 Å². The molecule has 3 aliphatic heterocycles. The lowest BCUT2D eigenvalue weighted by molar-refractivity contribution is -0.147. The first-order valence-electron chi connectivity index (χ1n) is 19.4. The van der Waals surface area contributed by atoms with Gasteiger partial charge in [0.2, 0.25) is 41.4 Å². The number of aliphatic imine (C=N–C) groups is 1. The minimum atomic E-state index is -1.12. The second-order valence-corrected chi connectivity index (χ2v) is 15.0. The molecule has 3 saturated heterocycles. The van der Waals surface area contributed by atoms with E-state index in [1.54, 1.807) is 20.8 Å². The number of hydrogen-bond donors (Lipinski definition) is 7. The van der Waals surface area contributed by atoms with E-state index in [9.17, 15) is 33.6 Å². The summed E-state index contributed by atoms with van der Waals surface area (Å²) in [5.74, 6) is -4.80. The molecule has 0 radical (unpaired) electrons. The van der Waals surface area contributed by atoms with Gasteiger partial charge in [-0.15, -0.1) is 0 Å². The van der Waals surface area contributed by atoms with Crippen molar-refractivity contribution in [2.45, 2.75) is 115 Å². The molecule has 7 amide bonds. The summed E-state index contributed by atoms with van der Waals surface area (Å²) >= 11 is 0. The van der Waals surface area contributed by atoms with Crippen LogP contribution < -0.4 is 38.1 Å². The van der Waals surface area contributed by atoms with Crippen molar-refractivity contribution in [1.82, 2.24) is 36.4 Å². The number of carbonyl (C=O) groups is 7. The Bertz CT molecular complexity index is 1580. The molecule has 3 fully saturated rings. The Morgan fingerprint density at radius 3 is 2.04 bits per heavy atom. The number of benzene rings is 1. The lowest BCUT2D eigenvalue weighted by atomic mass is 9.95. The fourth-order valence-corrected chi connectivity index (χ4v) is 7.30. The average Bonchev–Trinajstić information content (AvgIpc) is 3.86. The molecular weight excluding hydrogens is 708 g/mol. The first kappa shape index (κ1) is 42.5. The molecule has 55 heavy (non-hydrogen) atoms. The zero-order valence-electron chi connectivity index (χ0n) is 32.3. The van der Waals surface area contributed by atoms with Gasteiger partial charge in [-0.2, -0.15) is 0 Å². The van der Waals surface area contributed by atoms with Crippen LogP contribution in [-0.4, -0.2) is 120 Å². The third-order valence-electron chi connectivity index (χ3n) is 10.6. The number of hydrogen-bond acceptors (Lipinski definition) is 8. The van der Waals surface area contributed by atoms with Crippen molar-refractivity contribution >= 4 is 47.3 Å². The molecule has 17 nitrogen and oxygen atoms in total. The summed E-state index contributed by atoms with van der Waals surface area (Å²) in [6.07, 6.45) is 2.90. The fourth-order valence-electron chi connectivity index (χ4n) is 7.30. The van der Waals surface area contributed by atoms with Crippen LogP contribution in [0.4, 0.5) is 0 Å². The summed E-state index contributed by atoms with van der Waals surface area (Å²) in [4.78, 5) is 104. The SMILES string of the molecule is CC[C@H](C)[C@@H]1NC(=O)[C@H](Cc2ccccc2)NC(=O)[C@@H]2CCCN2C(=O)[C@@H]2CCCN2C(=O)CNC(=O)[C@H](CCCN=C(N)N)NC(=O)[C@H](C(C)C)NC1=O. The average molecular weight is 767 g/mol. The molecular formula is C38H58N10O7. The standard InChI is InChI=1S/C38H58N10O7/c1-5-23(4)31-36(54)45-30(22(2)3)35(53)43-25(14-9-17-41-38(39)40)32(50)42-21-29(49)47-18-11-16-28(47)37(55)48-19-10-15-27(48)34(52)44-26(33(51)46-31)20-24-12-7-6-8-13-24/h6-8,12-13,22-23,25-28,30-31H,5,9-11,14-21H2,1-4H3,(H,42,50)(H,43,53)(H,44,52)(H,45,54)(H,46,51)(H4,39,40,41)/t23-,25-,26-,27-,28-,30-,31-/m0/s1. The highest BCUT2D eigenvalue weighted by Gasteiger charge is 2.43. The van der Waals surface area contributed by atoms with Crippen LogP contribution in [0.15, 0.2) is 35.3 Å². The number of guanidine groups is 1. The van der Waals surface area contributed by atoms with E-state index in [-0.39, 0.29) is 37.2 Å². The zero-order valence-corrected chi connectivity index (χ0v) is 32.3. The Labute approximate surface area is 322 Å². The summed E-state index contributed by atoms with van der Waals surface area (Å²) in [6, 6.07) is 3.01. The molecule has 3 heterocycles. The van der Waals surface area contributed by atoms with Crippen molar-refractivity contribution in [2.24, 2.45) is 28.3 Å². The maximum absolute atomic E-state index is 14.1. The molecule has 302 valence electrons. The highest BCUT2D eigenvalue weighted by atomic mass is 16.2. The lowest BCUT2D eigenvalue weighted by Gasteiger charge is -2.32. The van der Waals surface area contributed by atoms with Crippen molar-refractivity contribution < 1.29 is 33.6 Å². The van der Waals surface area contributed by atoms with Gasteiger partial charge in [0.1, 0.15) is 36.3 Å². The molecule has 0 spiro atoms. The van der Waals surface area contributed by atoms with Crippen molar-refractivity contribution in [1.29, 1.82) is 0 Å². The van der Waals surface area contributed by atoms with E-state index in [1.165, 1.54) is 9.80 Å². The minimum absolute atomic E-state index is 0.109. The van der Waals surface area contributed by atoms with E-state index < -0.39 is 84.2 Å². The van der Waals surface area contributed by atoms with Crippen molar-refractivity contribution in [3.8, 4) is 0 Å². The monoisotopic (exact) mass is 766 g/mol. The molecule has 17 heteroatoms. The third-order valence-corrected chi connectivity index (χ3v) is 10.6. The van der Waals surface area contributed by atoms with E-state index in [2.05, 4.69) is 31.6 Å². The fraction of sp³-hybridized carbons (Fsp3) is 0.632. The first-order chi connectivity index (χ1) is 26.2. The Hall–Kier alpha value is -5.22. The van der Waals surface area contributed by atoms with Gasteiger partial charge >= 0.3 is 0 Å².